The zero-order chi connectivity index (χ0) is 48.2. The molecule has 0 fully saturated rings. The molecule has 6 aromatic carbocycles. The van der Waals surface area contributed by atoms with Crippen molar-refractivity contribution in [3.8, 4) is 23.0 Å². The number of hydrogen-bond acceptors (Lipinski definition) is 10. The second kappa shape index (κ2) is 22.6. The number of ether oxygens (including phenoxy) is 4. The molecule has 7 rings (SSSR count). The van der Waals surface area contributed by atoms with Crippen LogP contribution in [-0.2, 0) is 25.7 Å². The molecule has 8 bridgehead atoms. The molecule has 68 heavy (non-hydrogen) atoms. The summed E-state index contributed by atoms with van der Waals surface area (Å²) in [6, 6.07) is 30.8. The second-order valence-electron chi connectivity index (χ2n) is 16.7. The first kappa shape index (κ1) is 48.2. The molecule has 2 N–H and O–H groups in total. The quantitative estimate of drug-likeness (QED) is 0.0621. The van der Waals surface area contributed by atoms with Crippen molar-refractivity contribution in [3.63, 3.8) is 0 Å². The number of hydrogen-bond donors (Lipinski definition) is 2. The summed E-state index contributed by atoms with van der Waals surface area (Å²) in [6.45, 7) is 9.90. The Morgan fingerprint density at radius 1 is 0.441 bits per heavy atom. The molecular formula is C54H56N4O10. The molecule has 2 amide bonds. The van der Waals surface area contributed by atoms with Crippen molar-refractivity contribution in [1.82, 2.24) is 0 Å². The molecule has 0 heterocycles. The van der Waals surface area contributed by atoms with E-state index in [0.29, 0.717) is 97.6 Å². The first-order chi connectivity index (χ1) is 33.0. The van der Waals surface area contributed by atoms with E-state index in [1.807, 2.05) is 88.4 Å². The maximum atomic E-state index is 14.2. The van der Waals surface area contributed by atoms with E-state index in [0.717, 1.165) is 70.2 Å². The summed E-state index contributed by atoms with van der Waals surface area (Å²) < 4.78 is 26.6. The van der Waals surface area contributed by atoms with Crippen LogP contribution in [0.25, 0.3) is 0 Å². The molecule has 14 heteroatoms. The summed E-state index contributed by atoms with van der Waals surface area (Å²) in [6.07, 6.45) is 4.31. The van der Waals surface area contributed by atoms with Crippen LogP contribution in [0, 0.1) is 20.2 Å². The number of anilines is 2. The Bertz CT molecular complexity index is 2510. The largest absolute Gasteiger partial charge is 0.493 e. The highest BCUT2D eigenvalue weighted by Gasteiger charge is 2.25. The molecule has 0 aromatic heterocycles. The fourth-order valence-corrected chi connectivity index (χ4v) is 8.25. The average Bonchev–Trinajstić information content (AvgIpc) is 3.33. The molecule has 0 aliphatic heterocycles. The third-order valence-corrected chi connectivity index (χ3v) is 11.4. The van der Waals surface area contributed by atoms with Crippen LogP contribution in [0.5, 0.6) is 23.0 Å². The Morgan fingerprint density at radius 2 is 0.706 bits per heavy atom. The monoisotopic (exact) mass is 920 g/mol. The molecule has 14 nitrogen and oxygen atoms in total. The Labute approximate surface area is 395 Å². The van der Waals surface area contributed by atoms with Crippen LogP contribution in [-0.4, -0.2) is 48.1 Å². The van der Waals surface area contributed by atoms with Crippen molar-refractivity contribution in [2.75, 3.05) is 37.1 Å². The molecule has 6 aromatic rings. The molecule has 0 saturated heterocycles. The SMILES string of the molecule is CCCOc1c2cccc1Cc1cc(C(=O)Nc3ccc([N+](=O)[O-])cc3)cc(c1OCCC)Cc1cccc(c1OCCC)Cc1cc(C(=O)Nc3ccc([N+](=O)[O-])cc3)cc(c1OCCC)C2. The Morgan fingerprint density at radius 3 is 0.956 bits per heavy atom. The number of carbonyl (C=O) groups is 2. The van der Waals surface area contributed by atoms with E-state index < -0.39 is 21.7 Å². The number of non-ortho nitro benzene ring substituents is 2. The maximum absolute atomic E-state index is 14.2. The van der Waals surface area contributed by atoms with Crippen LogP contribution in [0.4, 0.5) is 22.7 Å². The van der Waals surface area contributed by atoms with E-state index in [9.17, 15) is 29.8 Å². The fraction of sp³-hybridized carbons (Fsp3) is 0.296. The lowest BCUT2D eigenvalue weighted by molar-refractivity contribution is -0.385. The van der Waals surface area contributed by atoms with Crippen molar-refractivity contribution in [3.05, 3.63) is 185 Å². The normalized spacial score (nSPS) is 11.8. The van der Waals surface area contributed by atoms with Gasteiger partial charge in [0.1, 0.15) is 23.0 Å². The first-order valence-electron chi connectivity index (χ1n) is 23.2. The van der Waals surface area contributed by atoms with Gasteiger partial charge < -0.3 is 29.6 Å². The van der Waals surface area contributed by atoms with Gasteiger partial charge in [0.05, 0.1) is 36.3 Å². The zero-order valence-electron chi connectivity index (χ0n) is 38.9. The summed E-state index contributed by atoms with van der Waals surface area (Å²) in [5, 5.41) is 28.6. The van der Waals surface area contributed by atoms with Gasteiger partial charge in [0.25, 0.3) is 23.2 Å². The first-order valence-corrected chi connectivity index (χ1v) is 23.2. The highest BCUT2D eigenvalue weighted by Crippen LogP contribution is 2.40. The van der Waals surface area contributed by atoms with Crippen LogP contribution in [0.1, 0.15) is 119 Å². The van der Waals surface area contributed by atoms with Gasteiger partial charge in [-0.25, -0.2) is 0 Å². The predicted octanol–water partition coefficient (Wildman–Crippen LogP) is 11.8. The minimum absolute atomic E-state index is 0.0844. The van der Waals surface area contributed by atoms with Crippen LogP contribution in [0.3, 0.4) is 0 Å². The van der Waals surface area contributed by atoms with Crippen molar-refractivity contribution in [1.29, 1.82) is 0 Å². The van der Waals surface area contributed by atoms with E-state index >= 15 is 0 Å². The topological polar surface area (TPSA) is 181 Å². The number of amides is 2. The van der Waals surface area contributed by atoms with E-state index in [-0.39, 0.29) is 11.4 Å². The number of benzene rings is 6. The molecule has 352 valence electrons. The van der Waals surface area contributed by atoms with E-state index in [1.165, 1.54) is 48.5 Å². The predicted molar refractivity (Wildman–Crippen MR) is 262 cm³/mol. The van der Waals surface area contributed by atoms with Gasteiger partial charge in [-0.1, -0.05) is 64.1 Å². The van der Waals surface area contributed by atoms with Crippen molar-refractivity contribution in [2.45, 2.75) is 79.1 Å². The fourth-order valence-electron chi connectivity index (χ4n) is 8.25. The van der Waals surface area contributed by atoms with Crippen molar-refractivity contribution < 1.29 is 38.4 Å². The molecular weight excluding hydrogens is 865 g/mol. The number of carbonyl (C=O) groups excluding carboxylic acids is 2. The Kier molecular flexibility index (Phi) is 16.0. The summed E-state index contributed by atoms with van der Waals surface area (Å²) in [5.74, 6) is 1.89. The summed E-state index contributed by atoms with van der Waals surface area (Å²) in [5.41, 5.74) is 7.92. The third-order valence-electron chi connectivity index (χ3n) is 11.4. The number of para-hydroxylation sites is 2. The van der Waals surface area contributed by atoms with Gasteiger partial charge in [0.2, 0.25) is 0 Å². The highest BCUT2D eigenvalue weighted by molar-refractivity contribution is 6.05. The minimum Gasteiger partial charge on any atom is -0.493 e. The number of fused-ring (bicyclic) bond motifs is 8. The molecule has 0 unspecified atom stereocenters. The van der Waals surface area contributed by atoms with Gasteiger partial charge in [-0.3, -0.25) is 29.8 Å². The average molecular weight is 921 g/mol. The molecule has 0 atom stereocenters. The van der Waals surface area contributed by atoms with E-state index in [4.69, 9.17) is 18.9 Å². The van der Waals surface area contributed by atoms with Crippen LogP contribution >= 0.6 is 0 Å². The van der Waals surface area contributed by atoms with Crippen LogP contribution in [0.2, 0.25) is 0 Å². The molecule has 1 aliphatic carbocycles. The zero-order valence-corrected chi connectivity index (χ0v) is 38.9. The molecule has 0 saturated carbocycles. The second-order valence-corrected chi connectivity index (χ2v) is 16.7. The van der Waals surface area contributed by atoms with Crippen molar-refractivity contribution in [2.24, 2.45) is 0 Å². The summed E-state index contributed by atoms with van der Waals surface area (Å²) in [4.78, 5) is 50.3. The van der Waals surface area contributed by atoms with Crippen LogP contribution in [0.15, 0.2) is 109 Å². The Balaban J connectivity index is 1.44. The molecule has 1 aliphatic rings. The van der Waals surface area contributed by atoms with Gasteiger partial charge in [0.15, 0.2) is 0 Å². The summed E-state index contributed by atoms with van der Waals surface area (Å²) in [7, 11) is 0. The minimum atomic E-state index is -0.485. The van der Waals surface area contributed by atoms with Gasteiger partial charge in [-0.2, -0.15) is 0 Å². The van der Waals surface area contributed by atoms with Gasteiger partial charge in [-0.05, 0) is 119 Å². The highest BCUT2D eigenvalue weighted by atomic mass is 16.6. The third kappa shape index (κ3) is 11.6. The van der Waals surface area contributed by atoms with Gasteiger partial charge in [0, 0.05) is 72.5 Å². The van der Waals surface area contributed by atoms with Gasteiger partial charge in [-0.15, -0.1) is 0 Å². The van der Waals surface area contributed by atoms with E-state index in [1.54, 1.807) is 0 Å². The maximum Gasteiger partial charge on any atom is 0.269 e. The number of nitro benzene ring substituents is 2. The lowest BCUT2D eigenvalue weighted by Gasteiger charge is -2.23. The number of nitrogens with zero attached hydrogens (tertiary/aromatic N) is 2. The number of nitrogens with one attached hydrogen (secondary N) is 2. The smallest absolute Gasteiger partial charge is 0.269 e. The number of rotatable bonds is 18. The van der Waals surface area contributed by atoms with E-state index in [2.05, 4.69) is 10.6 Å². The summed E-state index contributed by atoms with van der Waals surface area (Å²) >= 11 is 0. The standard InChI is InChI=1S/C54H56N4O10/c1-5-23-65-49-35-11-9-12-36(49)28-40-32-44(54(60)56-46-17-21-48(22-18-46)58(63)64)34-42(52(40)68-26-8-4)30-38-14-10-13-37(50(38)66-24-6-2)29-41-33-43(31-39(27-35)51(41)67-25-7-3)53(59)55-45-15-19-47(20-16-45)57(61)62/h9-22,31-34H,5-8,23-30H2,1-4H3,(H,55,59)(H,56,60). The molecule has 0 spiro atoms. The number of nitro groups is 2. The van der Waals surface area contributed by atoms with Gasteiger partial charge >= 0.3 is 0 Å². The van der Waals surface area contributed by atoms with Crippen LogP contribution < -0.4 is 29.6 Å². The Hall–Kier alpha value is -7.74. The lowest BCUT2D eigenvalue weighted by atomic mass is 9.89. The molecule has 0 radical (unpaired) electrons. The van der Waals surface area contributed by atoms with Crippen molar-refractivity contribution >= 4 is 34.6 Å². The lowest BCUT2D eigenvalue weighted by Crippen LogP contribution is -2.15.